The standard InChI is InChI=1S/C24H24N7O2.C14H10N4.C9H12N4O2.C9H12N4O.CH2Cl2.CH4/c1-15-16(11-25)6-4-8-19(15)21-10-20(28-23(26)29-21)17-12-27-30(13-17)14-18-7-5-9-22(31(18)33)24(2,3)32;1-3-11-7-13(18-14(16)17-11)12-6-4-5-10(8-15)9(12)2;1-9(2,14)8-5-3-4-7(13(8)15)6-11-12-10;1-9(2,14)8-5-3-4-7(12-8)6-11-13-10;2-1-3;/h4-10,12-13,32-33H,14H2,1-3H3,(H2,26,28,29);1,4-7H,2H3,(H2,16,17,18);3-5,14H,6H2,1-2H3;3-5,14H,6H2,1-2H3;1H2;1H4/q+1;;;;;. The summed E-state index contributed by atoms with van der Waals surface area (Å²) >= 11 is 9.53. The highest BCUT2D eigenvalue weighted by Crippen LogP contribution is 2.29. The fourth-order valence-electron chi connectivity index (χ4n) is 7.60. The largest absolute Gasteiger partial charge is 0.618 e. The van der Waals surface area contributed by atoms with Crippen LogP contribution < -0.4 is 20.9 Å². The van der Waals surface area contributed by atoms with E-state index in [1.807, 2.05) is 38.1 Å². The molecule has 8 N–H and O–H groups in total. The van der Waals surface area contributed by atoms with Crippen LogP contribution in [0.5, 0.6) is 0 Å². The molecule has 0 bridgehead atoms. The highest BCUT2D eigenvalue weighted by Gasteiger charge is 2.31. The number of hydrogen-bond acceptors (Lipinski definition) is 17. The van der Waals surface area contributed by atoms with Gasteiger partial charge in [-0.3, -0.25) is 14.9 Å². The Kier molecular flexibility index (Phi) is 25.5. The van der Waals surface area contributed by atoms with Crippen molar-refractivity contribution in [2.24, 2.45) is 10.2 Å². The summed E-state index contributed by atoms with van der Waals surface area (Å²) in [5, 5.41) is 81.5. The molecule has 0 amide bonds. The van der Waals surface area contributed by atoms with E-state index in [2.05, 4.69) is 68.1 Å². The summed E-state index contributed by atoms with van der Waals surface area (Å²) in [6.45, 7) is 13.8. The maximum atomic E-state index is 11.7. The molecule has 84 heavy (non-hydrogen) atoms. The fraction of sp³-hybridized carbons (Fsp3) is 0.276. The van der Waals surface area contributed by atoms with Crippen LogP contribution in [0.1, 0.15) is 111 Å². The van der Waals surface area contributed by atoms with Gasteiger partial charge in [0.15, 0.2) is 5.69 Å². The minimum absolute atomic E-state index is 0. The number of nitriles is 2. The van der Waals surface area contributed by atoms with Crippen LogP contribution >= 0.6 is 23.2 Å². The van der Waals surface area contributed by atoms with Crippen LogP contribution in [0.2, 0.25) is 0 Å². The summed E-state index contributed by atoms with van der Waals surface area (Å²) in [4.78, 5) is 26.2. The van der Waals surface area contributed by atoms with E-state index in [-0.39, 0.29) is 50.0 Å². The number of rotatable bonds is 12. The molecule has 0 aliphatic carbocycles. The number of azide groups is 2. The lowest BCUT2D eigenvalue weighted by atomic mass is 10.00. The number of benzene rings is 2. The first-order chi connectivity index (χ1) is 39.2. The SMILES string of the molecule is C.C#Cc1cc(-c2cccc(C#N)c2C)nc(N)n1.CC(C)(O)c1cccc(CN=[N+]=[N-])[n+]1[O-].CC(C)(O)c1cccc(CN=[N+]=[N-])n1.Cc1c(C#N)cccc1-c1cc(-c2cnn(Cc3cccc(C(C)(C)O)[n+]3O)c2)nc(N)n1.ClCCl. The quantitative estimate of drug-likeness (QED) is 0.00968. The molecule has 6 heterocycles. The number of nitrogens with two attached hydrogens (primary N) is 2. The lowest BCUT2D eigenvalue weighted by Gasteiger charge is -2.17. The maximum Gasteiger partial charge on any atom is 0.265 e. The molecule has 24 nitrogen and oxygen atoms in total. The number of nitrogen functional groups attached to an aromatic ring is 2. The molecule has 0 saturated heterocycles. The Labute approximate surface area is 496 Å². The first-order valence-electron chi connectivity index (χ1n) is 24.8. The molecule has 8 aromatic rings. The van der Waals surface area contributed by atoms with Gasteiger partial charge in [-0.1, -0.05) is 53.9 Å². The van der Waals surface area contributed by atoms with Crippen molar-refractivity contribution < 1.29 is 30.0 Å². The first-order valence-corrected chi connectivity index (χ1v) is 25.8. The summed E-state index contributed by atoms with van der Waals surface area (Å²) in [5.41, 5.74) is 34.7. The van der Waals surface area contributed by atoms with Gasteiger partial charge in [0.1, 0.15) is 35.6 Å². The van der Waals surface area contributed by atoms with Gasteiger partial charge in [-0.2, -0.15) is 20.4 Å². The van der Waals surface area contributed by atoms with Gasteiger partial charge in [0.2, 0.25) is 17.6 Å². The Balaban J connectivity index is 0.000000309. The van der Waals surface area contributed by atoms with Crippen molar-refractivity contribution in [1.82, 2.24) is 34.7 Å². The molecule has 0 spiro atoms. The zero-order chi connectivity index (χ0) is 61.7. The van der Waals surface area contributed by atoms with Gasteiger partial charge in [0.25, 0.3) is 11.4 Å². The molecule has 2 aromatic carbocycles. The van der Waals surface area contributed by atoms with E-state index < -0.39 is 16.8 Å². The zero-order valence-electron chi connectivity index (χ0n) is 46.6. The summed E-state index contributed by atoms with van der Waals surface area (Å²) in [6, 6.07) is 33.9. The summed E-state index contributed by atoms with van der Waals surface area (Å²) in [5.74, 6) is 2.67. The first kappa shape index (κ1) is 68.4. The molecule has 6 aromatic heterocycles. The normalized spacial score (nSPS) is 10.5. The van der Waals surface area contributed by atoms with Crippen molar-refractivity contribution in [3.63, 3.8) is 0 Å². The van der Waals surface area contributed by atoms with Gasteiger partial charge in [0, 0.05) is 67.4 Å². The van der Waals surface area contributed by atoms with Crippen molar-refractivity contribution in [3.05, 3.63) is 204 Å². The summed E-state index contributed by atoms with van der Waals surface area (Å²) in [7, 11) is 0. The predicted molar refractivity (Wildman–Crippen MR) is 319 cm³/mol. The molecule has 0 unspecified atom stereocenters. The van der Waals surface area contributed by atoms with Crippen LogP contribution in [0.3, 0.4) is 0 Å². The van der Waals surface area contributed by atoms with Crippen molar-refractivity contribution in [1.29, 1.82) is 10.5 Å². The highest BCUT2D eigenvalue weighted by molar-refractivity contribution is 6.40. The Morgan fingerprint density at radius 2 is 1.18 bits per heavy atom. The minimum Gasteiger partial charge on any atom is -0.618 e. The van der Waals surface area contributed by atoms with Crippen LogP contribution in [-0.2, 0) is 36.4 Å². The molecule has 0 radical (unpaired) electrons. The fourth-order valence-corrected chi connectivity index (χ4v) is 7.60. The van der Waals surface area contributed by atoms with Crippen LogP contribution in [0.25, 0.3) is 54.7 Å². The number of aromatic nitrogens is 9. The van der Waals surface area contributed by atoms with E-state index in [1.54, 1.807) is 118 Å². The van der Waals surface area contributed by atoms with Crippen LogP contribution in [0.15, 0.2) is 126 Å². The number of hydrogen-bond donors (Lipinski definition) is 6. The second kappa shape index (κ2) is 31.3. The average Bonchev–Trinajstić information content (AvgIpc) is 3.74. The monoisotopic (exact) mass is 1180 g/mol. The number of anilines is 2. The van der Waals surface area contributed by atoms with Crippen molar-refractivity contribution >= 4 is 35.1 Å². The smallest absolute Gasteiger partial charge is 0.265 e. The minimum atomic E-state index is -1.21. The topological polar surface area (TPSA) is 391 Å². The maximum absolute atomic E-state index is 11.7. The summed E-state index contributed by atoms with van der Waals surface area (Å²) < 4.78 is 3.23. The molecule has 0 aliphatic rings. The third-order valence-corrected chi connectivity index (χ3v) is 11.7. The van der Waals surface area contributed by atoms with E-state index in [0.29, 0.717) is 67.1 Å². The van der Waals surface area contributed by atoms with Crippen molar-refractivity contribution in [2.45, 2.75) is 99.3 Å². The third kappa shape index (κ3) is 19.4. The van der Waals surface area contributed by atoms with E-state index in [4.69, 9.17) is 57.4 Å². The van der Waals surface area contributed by atoms with Gasteiger partial charge in [-0.05, 0) is 126 Å². The van der Waals surface area contributed by atoms with Crippen LogP contribution in [-0.4, -0.2) is 60.6 Å². The van der Waals surface area contributed by atoms with E-state index in [0.717, 1.165) is 32.5 Å². The molecule has 0 saturated carbocycles. The number of pyridine rings is 3. The van der Waals surface area contributed by atoms with Crippen molar-refractivity contribution in [2.75, 3.05) is 16.8 Å². The number of halogens is 2. The number of nitrogens with zero attached hydrogens (tertiary/aromatic N) is 17. The molecule has 434 valence electrons. The van der Waals surface area contributed by atoms with E-state index in [9.17, 15) is 31.0 Å². The Hall–Kier alpha value is -9.92. The van der Waals surface area contributed by atoms with Gasteiger partial charge in [-0.25, -0.2) is 19.9 Å². The Bertz CT molecular complexity index is 3780. The Morgan fingerprint density at radius 3 is 1.70 bits per heavy atom. The van der Waals surface area contributed by atoms with Gasteiger partial charge in [-0.15, -0.1) is 29.6 Å². The molecular weight excluding hydrogens is 1110 g/mol. The number of alkyl halides is 2. The number of terminal acetylenes is 1. The van der Waals surface area contributed by atoms with Gasteiger partial charge < -0.3 is 32.0 Å². The zero-order valence-corrected chi connectivity index (χ0v) is 48.1. The molecule has 0 aliphatic heterocycles. The van der Waals surface area contributed by atoms with Crippen LogP contribution in [0.4, 0.5) is 11.9 Å². The molecule has 0 fully saturated rings. The van der Waals surface area contributed by atoms with E-state index >= 15 is 0 Å². The lowest BCUT2D eigenvalue weighted by molar-refractivity contribution is -0.917. The van der Waals surface area contributed by atoms with Gasteiger partial charge in [0.05, 0.1) is 64.1 Å². The van der Waals surface area contributed by atoms with Gasteiger partial charge >= 0.3 is 0 Å². The second-order valence-electron chi connectivity index (χ2n) is 19.2. The highest BCUT2D eigenvalue weighted by atomic mass is 35.5. The molecule has 0 atom stereocenters. The molecule has 8 rings (SSSR count). The summed E-state index contributed by atoms with van der Waals surface area (Å²) in [6.07, 6.45) is 8.76. The van der Waals surface area contributed by atoms with Crippen LogP contribution in [0, 0.1) is 54.1 Å². The molecule has 26 heteroatoms. The average molecular weight is 1180 g/mol. The number of aliphatic hydroxyl groups is 3. The predicted octanol–water partition coefficient (Wildman–Crippen LogP) is 9.99. The van der Waals surface area contributed by atoms with Crippen molar-refractivity contribution in [3.8, 4) is 58.3 Å². The van der Waals surface area contributed by atoms with E-state index in [1.165, 1.54) is 19.9 Å². The second-order valence-corrected chi connectivity index (χ2v) is 20.0. The Morgan fingerprint density at radius 1 is 0.690 bits per heavy atom. The molecular formula is C58H64Cl2N19O5+. The third-order valence-electron chi connectivity index (χ3n) is 11.7. The lowest BCUT2D eigenvalue weighted by Crippen LogP contribution is -2.45.